The fourth-order valence-electron chi connectivity index (χ4n) is 5.67. The third-order valence-corrected chi connectivity index (χ3v) is 7.28. The van der Waals surface area contributed by atoms with Gasteiger partial charge in [0.1, 0.15) is 22.8 Å². The Morgan fingerprint density at radius 2 is 2.06 bits per heavy atom. The monoisotopic (exact) mass is 453 g/mol. The number of carboxylic acid groups (broad SMARTS) is 1. The molecule has 0 radical (unpaired) electrons. The van der Waals surface area contributed by atoms with Gasteiger partial charge < -0.3 is 24.4 Å². The normalized spacial score (nSPS) is 28.1. The van der Waals surface area contributed by atoms with E-state index in [1.807, 2.05) is 30.3 Å². The number of para-hydroxylation sites is 1. The van der Waals surface area contributed by atoms with Gasteiger partial charge in [-0.05, 0) is 50.8 Å². The predicted octanol–water partition coefficient (Wildman–Crippen LogP) is 3.99. The van der Waals surface area contributed by atoms with Crippen LogP contribution in [0.25, 0.3) is 0 Å². The van der Waals surface area contributed by atoms with Crippen molar-refractivity contribution in [2.45, 2.75) is 51.0 Å². The van der Waals surface area contributed by atoms with Crippen LogP contribution < -0.4 is 9.47 Å². The number of rotatable bonds is 5. The van der Waals surface area contributed by atoms with Gasteiger partial charge >= 0.3 is 5.97 Å². The Morgan fingerprint density at radius 1 is 1.24 bits per heavy atom. The van der Waals surface area contributed by atoms with Crippen LogP contribution in [0.4, 0.5) is 0 Å². The van der Waals surface area contributed by atoms with E-state index < -0.39 is 11.6 Å². The van der Waals surface area contributed by atoms with Crippen molar-refractivity contribution in [1.29, 1.82) is 0 Å². The largest absolute Gasteiger partial charge is 0.508 e. The SMILES string of the molecule is CC1(C)Oc2cc(O)ccc2[C@H]2O[C@H]3CCN(Cc4ccccc4OCC(=O)O)C[C@@H]3C[C@@H]21. The number of carboxylic acids is 1. The minimum atomic E-state index is -0.978. The predicted molar refractivity (Wildman–Crippen MR) is 121 cm³/mol. The topological polar surface area (TPSA) is 88.5 Å². The van der Waals surface area contributed by atoms with Gasteiger partial charge in [-0.15, -0.1) is 0 Å². The number of benzene rings is 2. The summed E-state index contributed by atoms with van der Waals surface area (Å²) in [6.07, 6.45) is 2.12. The Bertz CT molecular complexity index is 1040. The van der Waals surface area contributed by atoms with Crippen molar-refractivity contribution in [1.82, 2.24) is 4.90 Å². The number of aromatic hydroxyl groups is 1. The first-order valence-corrected chi connectivity index (χ1v) is 11.6. The molecule has 2 aromatic carbocycles. The molecule has 5 rings (SSSR count). The number of carbonyl (C=O) groups is 1. The molecule has 3 heterocycles. The summed E-state index contributed by atoms with van der Waals surface area (Å²) in [5.41, 5.74) is 1.64. The summed E-state index contributed by atoms with van der Waals surface area (Å²) in [5, 5.41) is 18.9. The molecule has 2 saturated heterocycles. The maximum atomic E-state index is 10.9. The van der Waals surface area contributed by atoms with Crippen LogP contribution in [0.15, 0.2) is 42.5 Å². The molecule has 0 unspecified atom stereocenters. The maximum Gasteiger partial charge on any atom is 0.341 e. The van der Waals surface area contributed by atoms with Crippen molar-refractivity contribution in [2.24, 2.45) is 11.8 Å². The van der Waals surface area contributed by atoms with Gasteiger partial charge in [0, 0.05) is 42.7 Å². The second-order valence-electron chi connectivity index (χ2n) is 9.94. The number of likely N-dealkylation sites (tertiary alicyclic amines) is 1. The lowest BCUT2D eigenvalue weighted by atomic mass is 9.70. The van der Waals surface area contributed by atoms with Gasteiger partial charge in [0.15, 0.2) is 6.61 Å². The first kappa shape index (κ1) is 22.0. The van der Waals surface area contributed by atoms with Crippen LogP contribution in [0.1, 0.15) is 43.9 Å². The minimum absolute atomic E-state index is 0.0257. The second kappa shape index (κ2) is 8.54. The Balaban J connectivity index is 1.30. The number of hydrogen-bond acceptors (Lipinski definition) is 6. The number of nitrogens with zero attached hydrogens (tertiary/aromatic N) is 1. The van der Waals surface area contributed by atoms with Gasteiger partial charge in [-0.3, -0.25) is 4.90 Å². The van der Waals surface area contributed by atoms with Crippen molar-refractivity contribution in [3.05, 3.63) is 53.6 Å². The molecule has 0 amide bonds. The summed E-state index contributed by atoms with van der Waals surface area (Å²) in [7, 11) is 0. The van der Waals surface area contributed by atoms with Crippen LogP contribution in [0.5, 0.6) is 17.2 Å². The highest BCUT2D eigenvalue weighted by molar-refractivity contribution is 5.68. The van der Waals surface area contributed by atoms with E-state index in [1.54, 1.807) is 12.1 Å². The van der Waals surface area contributed by atoms with E-state index in [2.05, 4.69) is 18.7 Å². The van der Waals surface area contributed by atoms with E-state index in [1.165, 1.54) is 0 Å². The van der Waals surface area contributed by atoms with Gasteiger partial charge in [-0.1, -0.05) is 18.2 Å². The highest BCUT2D eigenvalue weighted by Crippen LogP contribution is 2.53. The molecule has 3 aliphatic heterocycles. The number of aliphatic carboxylic acids is 1. The minimum Gasteiger partial charge on any atom is -0.508 e. The molecule has 3 aliphatic rings. The van der Waals surface area contributed by atoms with Gasteiger partial charge in [0.05, 0.1) is 12.2 Å². The third kappa shape index (κ3) is 4.39. The van der Waals surface area contributed by atoms with Crippen LogP contribution in [0, 0.1) is 11.8 Å². The number of phenols is 1. The molecule has 0 bridgehead atoms. The van der Waals surface area contributed by atoms with E-state index in [9.17, 15) is 9.90 Å². The number of piperidine rings is 1. The van der Waals surface area contributed by atoms with Crippen LogP contribution in [-0.2, 0) is 16.1 Å². The zero-order chi connectivity index (χ0) is 23.2. The van der Waals surface area contributed by atoms with Crippen LogP contribution in [-0.4, -0.2) is 52.5 Å². The maximum absolute atomic E-state index is 10.9. The molecule has 0 spiro atoms. The molecule has 33 heavy (non-hydrogen) atoms. The molecule has 7 nitrogen and oxygen atoms in total. The van der Waals surface area contributed by atoms with Gasteiger partial charge in [-0.2, -0.15) is 0 Å². The van der Waals surface area contributed by atoms with Crippen molar-refractivity contribution in [3.8, 4) is 17.2 Å². The smallest absolute Gasteiger partial charge is 0.341 e. The molecule has 2 N–H and O–H groups in total. The van der Waals surface area contributed by atoms with Crippen molar-refractivity contribution in [2.75, 3.05) is 19.7 Å². The lowest BCUT2D eigenvalue weighted by molar-refractivity contribution is -0.187. The average Bonchev–Trinajstić information content (AvgIpc) is 2.77. The molecule has 2 fully saturated rings. The molecule has 0 aromatic heterocycles. The van der Waals surface area contributed by atoms with Gasteiger partial charge in [0.2, 0.25) is 0 Å². The summed E-state index contributed by atoms with van der Waals surface area (Å²) in [6.45, 7) is 6.42. The van der Waals surface area contributed by atoms with Crippen molar-refractivity contribution < 1.29 is 29.2 Å². The van der Waals surface area contributed by atoms with Crippen molar-refractivity contribution >= 4 is 5.97 Å². The summed E-state index contributed by atoms with van der Waals surface area (Å²) >= 11 is 0. The highest BCUT2D eigenvalue weighted by atomic mass is 16.5. The lowest BCUT2D eigenvalue weighted by Crippen LogP contribution is -2.55. The molecule has 2 aromatic rings. The zero-order valence-electron chi connectivity index (χ0n) is 19.1. The average molecular weight is 454 g/mol. The summed E-state index contributed by atoms with van der Waals surface area (Å²) in [4.78, 5) is 13.3. The quantitative estimate of drug-likeness (QED) is 0.708. The Morgan fingerprint density at radius 3 is 2.88 bits per heavy atom. The summed E-state index contributed by atoms with van der Waals surface area (Å²) in [5.74, 6) is 1.19. The fraction of sp³-hybridized carbons (Fsp3) is 0.500. The Hall–Kier alpha value is -2.77. The highest BCUT2D eigenvalue weighted by Gasteiger charge is 2.51. The van der Waals surface area contributed by atoms with Gasteiger partial charge in [-0.25, -0.2) is 4.79 Å². The van der Waals surface area contributed by atoms with Crippen LogP contribution in [0.2, 0.25) is 0 Å². The second-order valence-corrected chi connectivity index (χ2v) is 9.94. The summed E-state index contributed by atoms with van der Waals surface area (Å²) < 4.78 is 18.5. The number of fused-ring (bicyclic) bond motifs is 4. The van der Waals surface area contributed by atoms with E-state index >= 15 is 0 Å². The number of ether oxygens (including phenoxy) is 3. The fourth-order valence-corrected chi connectivity index (χ4v) is 5.67. The molecule has 0 saturated carbocycles. The van der Waals surface area contributed by atoms with E-state index in [-0.39, 0.29) is 30.5 Å². The van der Waals surface area contributed by atoms with Crippen LogP contribution >= 0.6 is 0 Å². The molecular weight excluding hydrogens is 422 g/mol. The van der Waals surface area contributed by atoms with Crippen molar-refractivity contribution in [3.63, 3.8) is 0 Å². The van der Waals surface area contributed by atoms with E-state index in [4.69, 9.17) is 19.3 Å². The zero-order valence-corrected chi connectivity index (χ0v) is 19.1. The third-order valence-electron chi connectivity index (χ3n) is 7.28. The molecule has 7 heteroatoms. The summed E-state index contributed by atoms with van der Waals surface area (Å²) in [6, 6.07) is 13.0. The molecule has 176 valence electrons. The van der Waals surface area contributed by atoms with Crippen LogP contribution in [0.3, 0.4) is 0 Å². The first-order chi connectivity index (χ1) is 15.8. The lowest BCUT2D eigenvalue weighted by Gasteiger charge is -2.53. The standard InChI is InChI=1S/C26H31NO6/c1-26(2)20-11-17-14-27(13-16-5-3-4-6-21(16)31-15-24(29)30)10-9-22(17)32-25(20)19-8-7-18(28)12-23(19)33-26/h3-8,12,17,20,22,25,28H,9-11,13-15H2,1-2H3,(H,29,30)/t17-,20-,22-,25+/m0/s1. The Kier molecular flexibility index (Phi) is 5.70. The first-order valence-electron chi connectivity index (χ1n) is 11.6. The Labute approximate surface area is 193 Å². The van der Waals surface area contributed by atoms with Gasteiger partial charge in [0.25, 0.3) is 0 Å². The molecule has 0 aliphatic carbocycles. The number of phenolic OH excluding ortho intramolecular Hbond substituents is 1. The molecule has 4 atom stereocenters. The molecular formula is C26H31NO6. The van der Waals surface area contributed by atoms with E-state index in [0.717, 1.165) is 49.4 Å². The number of hydrogen-bond donors (Lipinski definition) is 2. The van der Waals surface area contributed by atoms with E-state index in [0.29, 0.717) is 11.7 Å².